The molecule has 1 aromatic rings. The van der Waals surface area contributed by atoms with Crippen LogP contribution in [0.15, 0.2) is 24.3 Å². The molecule has 1 rings (SSSR count). The van der Waals surface area contributed by atoms with Crippen LogP contribution in [-0.2, 0) is 4.79 Å². The fourth-order valence-electron chi connectivity index (χ4n) is 1.61. The minimum Gasteiger partial charge on any atom is -0.481 e. The average Bonchev–Trinajstić information content (AvgIpc) is 2.30. The number of hydrogen-bond acceptors (Lipinski definition) is 3. The van der Waals surface area contributed by atoms with Crippen molar-refractivity contribution in [1.29, 1.82) is 0 Å². The number of hydrogen-bond donors (Lipinski definition) is 2. The van der Waals surface area contributed by atoms with E-state index in [0.29, 0.717) is 25.2 Å². The highest BCUT2D eigenvalue weighted by Gasteiger charge is 2.10. The molecule has 0 amide bonds. The Bertz CT molecular complexity index is 371. The molecule has 94 valence electrons. The van der Waals surface area contributed by atoms with Crippen LogP contribution in [0.3, 0.4) is 0 Å². The van der Waals surface area contributed by atoms with E-state index in [4.69, 9.17) is 10.8 Å². The molecule has 0 atom stereocenters. The van der Waals surface area contributed by atoms with Crippen molar-refractivity contribution in [1.82, 2.24) is 0 Å². The second-order valence-electron chi connectivity index (χ2n) is 3.73. The Kier molecular flexibility index (Phi) is 5.26. The molecule has 0 spiro atoms. The predicted octanol–water partition coefficient (Wildman–Crippen LogP) is 1.91. The Morgan fingerprint density at radius 2 is 2.06 bits per heavy atom. The second kappa shape index (κ2) is 6.73. The summed E-state index contributed by atoms with van der Waals surface area (Å²) in [5, 5.41) is 8.67. The first-order valence-corrected chi connectivity index (χ1v) is 5.52. The van der Waals surface area contributed by atoms with Gasteiger partial charge in [0, 0.05) is 13.1 Å². The van der Waals surface area contributed by atoms with Crippen LogP contribution in [0.25, 0.3) is 0 Å². The molecule has 0 heterocycles. The highest BCUT2D eigenvalue weighted by molar-refractivity contribution is 5.70. The lowest BCUT2D eigenvalue weighted by molar-refractivity contribution is -0.136. The zero-order chi connectivity index (χ0) is 12.7. The summed E-state index contributed by atoms with van der Waals surface area (Å²) in [5.41, 5.74) is 7.16. The number of benzene rings is 1. The van der Waals surface area contributed by atoms with E-state index >= 15 is 0 Å². The lowest BCUT2D eigenvalue weighted by atomic mass is 10.2. The Balaban J connectivity index is 2.74. The van der Waals surface area contributed by atoms with Crippen LogP contribution in [0.5, 0.6) is 0 Å². The Morgan fingerprint density at radius 1 is 1.35 bits per heavy atom. The van der Waals surface area contributed by atoms with Crippen LogP contribution in [0.1, 0.15) is 12.8 Å². The predicted molar refractivity (Wildman–Crippen MR) is 65.9 cm³/mol. The third-order valence-electron chi connectivity index (χ3n) is 2.43. The summed E-state index contributed by atoms with van der Waals surface area (Å²) in [6, 6.07) is 7.20. The quantitative estimate of drug-likeness (QED) is 0.714. The van der Waals surface area contributed by atoms with Crippen molar-refractivity contribution in [3.63, 3.8) is 0 Å². The van der Waals surface area contributed by atoms with Crippen molar-refractivity contribution < 1.29 is 14.3 Å². The van der Waals surface area contributed by atoms with Crippen LogP contribution < -0.4 is 10.6 Å². The summed E-state index contributed by atoms with van der Waals surface area (Å²) < 4.78 is 12.2. The summed E-state index contributed by atoms with van der Waals surface area (Å²) in [4.78, 5) is 12.4. The van der Waals surface area contributed by atoms with Gasteiger partial charge in [-0.25, -0.2) is 0 Å². The number of nitrogen functional groups attached to an aromatic ring is 1. The standard InChI is InChI=1S/C12H17FN2O2/c13-7-3-8-15(9-6-12(16)17)11-5-2-1-4-10(11)14/h1-2,4-5H,3,6-9,14H2,(H,16,17). The highest BCUT2D eigenvalue weighted by Crippen LogP contribution is 2.22. The molecule has 0 saturated heterocycles. The van der Waals surface area contributed by atoms with E-state index < -0.39 is 12.6 Å². The molecule has 0 radical (unpaired) electrons. The molecular formula is C12H17FN2O2. The van der Waals surface area contributed by atoms with Gasteiger partial charge in [0.2, 0.25) is 0 Å². The average molecular weight is 240 g/mol. The molecule has 17 heavy (non-hydrogen) atoms. The first-order chi connectivity index (χ1) is 8.15. The van der Waals surface area contributed by atoms with Crippen molar-refractivity contribution in [2.45, 2.75) is 12.8 Å². The molecule has 0 aromatic heterocycles. The minimum absolute atomic E-state index is 0.0145. The molecule has 5 heteroatoms. The number of para-hydroxylation sites is 2. The monoisotopic (exact) mass is 240 g/mol. The molecule has 0 fully saturated rings. The Labute approximate surface area is 99.8 Å². The van der Waals surface area contributed by atoms with Crippen molar-refractivity contribution >= 4 is 17.3 Å². The molecule has 1 aromatic carbocycles. The van der Waals surface area contributed by atoms with Gasteiger partial charge in [0.05, 0.1) is 24.5 Å². The number of carboxylic acids is 1. The molecule has 0 aliphatic carbocycles. The van der Waals surface area contributed by atoms with Crippen LogP contribution >= 0.6 is 0 Å². The van der Waals surface area contributed by atoms with E-state index in [0.717, 1.165) is 5.69 Å². The maximum Gasteiger partial charge on any atom is 0.305 e. The normalized spacial score (nSPS) is 10.2. The number of carboxylic acid groups (broad SMARTS) is 1. The number of alkyl halides is 1. The molecule has 0 saturated carbocycles. The summed E-state index contributed by atoms with van der Waals surface area (Å²) in [6.45, 7) is 0.387. The van der Waals surface area contributed by atoms with Crippen LogP contribution in [-0.4, -0.2) is 30.8 Å². The molecular weight excluding hydrogens is 223 g/mol. The summed E-state index contributed by atoms with van der Waals surface area (Å²) >= 11 is 0. The van der Waals surface area contributed by atoms with E-state index in [-0.39, 0.29) is 6.42 Å². The highest BCUT2D eigenvalue weighted by atomic mass is 19.1. The first-order valence-electron chi connectivity index (χ1n) is 5.52. The van der Waals surface area contributed by atoms with E-state index in [1.165, 1.54) is 0 Å². The van der Waals surface area contributed by atoms with E-state index in [2.05, 4.69) is 0 Å². The zero-order valence-corrected chi connectivity index (χ0v) is 9.60. The van der Waals surface area contributed by atoms with Crippen LogP contribution in [0.2, 0.25) is 0 Å². The van der Waals surface area contributed by atoms with Crippen molar-refractivity contribution in [3.8, 4) is 0 Å². The molecule has 4 nitrogen and oxygen atoms in total. The van der Waals surface area contributed by atoms with E-state index in [1.54, 1.807) is 6.07 Å². The largest absolute Gasteiger partial charge is 0.481 e. The fraction of sp³-hybridized carbons (Fsp3) is 0.417. The van der Waals surface area contributed by atoms with E-state index in [9.17, 15) is 9.18 Å². The fourth-order valence-corrected chi connectivity index (χ4v) is 1.61. The third kappa shape index (κ3) is 4.30. The van der Waals surface area contributed by atoms with Gasteiger partial charge in [0.1, 0.15) is 0 Å². The smallest absolute Gasteiger partial charge is 0.305 e. The number of rotatable bonds is 7. The van der Waals surface area contributed by atoms with Gasteiger partial charge in [-0.3, -0.25) is 9.18 Å². The maximum absolute atomic E-state index is 12.2. The van der Waals surface area contributed by atoms with Crippen molar-refractivity contribution in [2.24, 2.45) is 0 Å². The lowest BCUT2D eigenvalue weighted by Crippen LogP contribution is -2.28. The summed E-state index contributed by atoms with van der Waals surface area (Å²) in [6.07, 6.45) is 0.384. The van der Waals surface area contributed by atoms with Gasteiger partial charge in [0.15, 0.2) is 0 Å². The SMILES string of the molecule is Nc1ccccc1N(CCCF)CCC(=O)O. The molecule has 0 aliphatic heterocycles. The van der Waals surface area contributed by atoms with Gasteiger partial charge >= 0.3 is 5.97 Å². The molecule has 0 bridgehead atoms. The minimum atomic E-state index is -0.871. The molecule has 0 unspecified atom stereocenters. The van der Waals surface area contributed by atoms with Crippen LogP contribution in [0, 0.1) is 0 Å². The van der Waals surface area contributed by atoms with Crippen molar-refractivity contribution in [2.75, 3.05) is 30.4 Å². The number of anilines is 2. The van der Waals surface area contributed by atoms with Gasteiger partial charge in [-0.15, -0.1) is 0 Å². The molecule has 0 aliphatic rings. The van der Waals surface area contributed by atoms with E-state index in [1.807, 2.05) is 23.1 Å². The first kappa shape index (κ1) is 13.3. The number of carbonyl (C=O) groups is 1. The second-order valence-corrected chi connectivity index (χ2v) is 3.73. The van der Waals surface area contributed by atoms with Crippen LogP contribution in [0.4, 0.5) is 15.8 Å². The van der Waals surface area contributed by atoms with Gasteiger partial charge in [-0.1, -0.05) is 12.1 Å². The maximum atomic E-state index is 12.2. The number of nitrogens with two attached hydrogens (primary N) is 1. The number of aliphatic carboxylic acids is 1. The zero-order valence-electron chi connectivity index (χ0n) is 9.60. The Hall–Kier alpha value is -1.78. The van der Waals surface area contributed by atoms with Gasteiger partial charge < -0.3 is 15.7 Å². The summed E-state index contributed by atoms with van der Waals surface area (Å²) in [7, 11) is 0. The number of halogens is 1. The lowest BCUT2D eigenvalue weighted by Gasteiger charge is -2.25. The van der Waals surface area contributed by atoms with Gasteiger partial charge in [-0.05, 0) is 18.6 Å². The Morgan fingerprint density at radius 3 is 2.65 bits per heavy atom. The summed E-state index contributed by atoms with van der Waals surface area (Å²) in [5.74, 6) is -0.871. The number of nitrogens with zero attached hydrogens (tertiary/aromatic N) is 1. The third-order valence-corrected chi connectivity index (χ3v) is 2.43. The topological polar surface area (TPSA) is 66.6 Å². The van der Waals surface area contributed by atoms with Gasteiger partial charge in [0.25, 0.3) is 0 Å². The van der Waals surface area contributed by atoms with Gasteiger partial charge in [-0.2, -0.15) is 0 Å². The van der Waals surface area contributed by atoms with Crippen molar-refractivity contribution in [3.05, 3.63) is 24.3 Å². The molecule has 3 N–H and O–H groups in total.